The predicted octanol–water partition coefficient (Wildman–Crippen LogP) is 3.68. The van der Waals surface area contributed by atoms with Crippen molar-refractivity contribution < 1.29 is 5.21 Å². The average Bonchev–Trinajstić information content (AvgIpc) is 2.47. The lowest BCUT2D eigenvalue weighted by Crippen LogP contribution is -2.22. The summed E-state index contributed by atoms with van der Waals surface area (Å²) in [5.74, 6) is 0.805. The van der Waals surface area contributed by atoms with Crippen molar-refractivity contribution >= 4 is 39.5 Å². The molecular formula is C14H11BrN4O. The smallest absolute Gasteiger partial charge is 0.229 e. The fourth-order valence-electron chi connectivity index (χ4n) is 1.81. The molecule has 2 aromatic rings. The molecule has 1 aliphatic rings. The van der Waals surface area contributed by atoms with Gasteiger partial charge < -0.3 is 5.32 Å². The van der Waals surface area contributed by atoms with E-state index in [1.165, 1.54) is 0 Å². The fraction of sp³-hybridized carbons (Fsp3) is 0. The fourth-order valence-corrected chi connectivity index (χ4v) is 2.23. The summed E-state index contributed by atoms with van der Waals surface area (Å²) in [7, 11) is 0. The molecule has 2 heterocycles. The van der Waals surface area contributed by atoms with Crippen molar-refractivity contribution in [2.24, 2.45) is 0 Å². The third kappa shape index (κ3) is 2.31. The molecule has 100 valence electrons. The van der Waals surface area contributed by atoms with Gasteiger partial charge in [-0.25, -0.2) is 10.0 Å². The van der Waals surface area contributed by atoms with E-state index < -0.39 is 0 Å². The molecular weight excluding hydrogens is 320 g/mol. The number of hydrogen-bond acceptors (Lipinski definition) is 5. The zero-order valence-electron chi connectivity index (χ0n) is 10.4. The highest BCUT2D eigenvalue weighted by Crippen LogP contribution is 2.34. The standard InChI is InChI=1S/C14H11BrN4O/c1-9-12(15)7-10-8-16-14(18-13(10)19(9)20)17-11-5-3-2-4-6-11/h2-8,20H,1H2,(H,16,17,18). The maximum absolute atomic E-state index is 10.0. The van der Waals surface area contributed by atoms with Crippen molar-refractivity contribution in [2.45, 2.75) is 0 Å². The molecule has 1 aliphatic heterocycles. The first-order valence-corrected chi connectivity index (χ1v) is 6.69. The number of rotatable bonds is 2. The Morgan fingerprint density at radius 3 is 2.75 bits per heavy atom. The van der Waals surface area contributed by atoms with Gasteiger partial charge in [-0.2, -0.15) is 4.98 Å². The Hall–Kier alpha value is -2.18. The maximum atomic E-state index is 10.0. The van der Waals surface area contributed by atoms with Crippen LogP contribution in [-0.2, 0) is 0 Å². The molecule has 0 saturated heterocycles. The van der Waals surface area contributed by atoms with Gasteiger partial charge in [0.1, 0.15) is 0 Å². The molecule has 20 heavy (non-hydrogen) atoms. The Balaban J connectivity index is 1.96. The van der Waals surface area contributed by atoms with Crippen LogP contribution in [-0.4, -0.2) is 15.2 Å². The molecule has 0 aliphatic carbocycles. The molecule has 0 unspecified atom stereocenters. The minimum Gasteiger partial charge on any atom is -0.324 e. The molecule has 6 heteroatoms. The van der Waals surface area contributed by atoms with E-state index in [0.717, 1.165) is 10.8 Å². The summed E-state index contributed by atoms with van der Waals surface area (Å²) in [6.45, 7) is 3.77. The molecule has 0 spiro atoms. The molecule has 0 bridgehead atoms. The van der Waals surface area contributed by atoms with Gasteiger partial charge in [0.2, 0.25) is 5.95 Å². The molecule has 1 aromatic carbocycles. The van der Waals surface area contributed by atoms with Crippen molar-refractivity contribution in [3.8, 4) is 0 Å². The van der Waals surface area contributed by atoms with E-state index in [0.29, 0.717) is 27.5 Å². The second-order valence-corrected chi connectivity index (χ2v) is 5.07. The monoisotopic (exact) mass is 330 g/mol. The van der Waals surface area contributed by atoms with Gasteiger partial charge in [0.25, 0.3) is 0 Å². The number of aromatic nitrogens is 2. The lowest BCUT2D eigenvalue weighted by molar-refractivity contribution is 0.283. The van der Waals surface area contributed by atoms with E-state index in [1.54, 1.807) is 6.20 Å². The third-order valence-electron chi connectivity index (χ3n) is 2.84. The van der Waals surface area contributed by atoms with Crippen molar-refractivity contribution in [1.82, 2.24) is 9.97 Å². The van der Waals surface area contributed by atoms with Crippen LogP contribution >= 0.6 is 15.9 Å². The van der Waals surface area contributed by atoms with E-state index in [4.69, 9.17) is 0 Å². The van der Waals surface area contributed by atoms with Crippen LogP contribution in [0.2, 0.25) is 0 Å². The van der Waals surface area contributed by atoms with Gasteiger partial charge in [-0.05, 0) is 34.1 Å². The lowest BCUT2D eigenvalue weighted by atomic mass is 10.2. The molecule has 2 N–H and O–H groups in total. The highest BCUT2D eigenvalue weighted by Gasteiger charge is 2.21. The maximum Gasteiger partial charge on any atom is 0.229 e. The third-order valence-corrected chi connectivity index (χ3v) is 3.53. The molecule has 0 radical (unpaired) electrons. The van der Waals surface area contributed by atoms with E-state index in [9.17, 15) is 5.21 Å². The highest BCUT2D eigenvalue weighted by atomic mass is 79.9. The number of hydrogen-bond donors (Lipinski definition) is 2. The largest absolute Gasteiger partial charge is 0.324 e. The summed E-state index contributed by atoms with van der Waals surface area (Å²) in [5.41, 5.74) is 2.02. The number of anilines is 3. The lowest BCUT2D eigenvalue weighted by Gasteiger charge is -2.24. The van der Waals surface area contributed by atoms with Crippen LogP contribution in [0.15, 0.2) is 53.3 Å². The van der Waals surface area contributed by atoms with Gasteiger partial charge in [0, 0.05) is 21.9 Å². The summed E-state index contributed by atoms with van der Waals surface area (Å²) in [4.78, 5) is 8.53. The summed E-state index contributed by atoms with van der Waals surface area (Å²) in [6, 6.07) is 9.59. The zero-order valence-corrected chi connectivity index (χ0v) is 12.0. The molecule has 5 nitrogen and oxygen atoms in total. The molecule has 0 atom stereocenters. The van der Waals surface area contributed by atoms with Crippen LogP contribution < -0.4 is 10.4 Å². The minimum absolute atomic E-state index is 0.395. The van der Waals surface area contributed by atoms with Crippen LogP contribution in [0.4, 0.5) is 17.5 Å². The number of hydroxylamine groups is 1. The molecule has 3 rings (SSSR count). The number of para-hydroxylation sites is 1. The van der Waals surface area contributed by atoms with E-state index >= 15 is 0 Å². The number of nitrogens with zero attached hydrogens (tertiary/aromatic N) is 3. The first kappa shape index (κ1) is 12.8. The second kappa shape index (κ2) is 5.07. The number of fused-ring (bicyclic) bond motifs is 1. The van der Waals surface area contributed by atoms with Crippen LogP contribution in [0.5, 0.6) is 0 Å². The van der Waals surface area contributed by atoms with Crippen LogP contribution in [0, 0.1) is 0 Å². The van der Waals surface area contributed by atoms with Crippen molar-refractivity contribution in [3.63, 3.8) is 0 Å². The second-order valence-electron chi connectivity index (χ2n) is 4.21. The van der Waals surface area contributed by atoms with Gasteiger partial charge in [-0.15, -0.1) is 0 Å². The topological polar surface area (TPSA) is 61.3 Å². The van der Waals surface area contributed by atoms with Crippen molar-refractivity contribution in [3.05, 3.63) is 58.9 Å². The van der Waals surface area contributed by atoms with Gasteiger partial charge >= 0.3 is 0 Å². The van der Waals surface area contributed by atoms with E-state index in [-0.39, 0.29) is 0 Å². The molecule has 1 aromatic heterocycles. The number of allylic oxidation sites excluding steroid dienone is 1. The highest BCUT2D eigenvalue weighted by molar-refractivity contribution is 9.12. The number of nitrogens with one attached hydrogen (secondary N) is 1. The Morgan fingerprint density at radius 2 is 2.00 bits per heavy atom. The Kier molecular flexibility index (Phi) is 3.25. The van der Waals surface area contributed by atoms with Gasteiger partial charge in [0.05, 0.1) is 5.70 Å². The van der Waals surface area contributed by atoms with Crippen LogP contribution in [0.25, 0.3) is 6.08 Å². The Bertz CT molecular complexity index is 700. The Morgan fingerprint density at radius 1 is 1.25 bits per heavy atom. The number of benzene rings is 1. The average molecular weight is 331 g/mol. The molecule has 0 amide bonds. The first-order chi connectivity index (χ1) is 9.65. The SMILES string of the molecule is C=C1C(Br)=Cc2cnc(Nc3ccccc3)nc2N1O. The molecule has 0 fully saturated rings. The minimum atomic E-state index is 0.395. The predicted molar refractivity (Wildman–Crippen MR) is 82.1 cm³/mol. The van der Waals surface area contributed by atoms with E-state index in [1.807, 2.05) is 36.4 Å². The summed E-state index contributed by atoms with van der Waals surface area (Å²) in [6.07, 6.45) is 3.46. The summed E-state index contributed by atoms with van der Waals surface area (Å²) in [5, 5.41) is 14.1. The van der Waals surface area contributed by atoms with Gasteiger partial charge in [-0.1, -0.05) is 24.8 Å². The summed E-state index contributed by atoms with van der Waals surface area (Å²) < 4.78 is 0.694. The Labute approximate surface area is 124 Å². The summed E-state index contributed by atoms with van der Waals surface area (Å²) >= 11 is 3.32. The van der Waals surface area contributed by atoms with Gasteiger partial charge in [0.15, 0.2) is 5.82 Å². The zero-order chi connectivity index (χ0) is 14.1. The normalized spacial score (nSPS) is 13.8. The number of halogens is 1. The first-order valence-electron chi connectivity index (χ1n) is 5.90. The molecule has 0 saturated carbocycles. The quantitative estimate of drug-likeness (QED) is 0.879. The van der Waals surface area contributed by atoms with Crippen molar-refractivity contribution in [1.29, 1.82) is 0 Å². The van der Waals surface area contributed by atoms with E-state index in [2.05, 4.69) is 37.8 Å². The van der Waals surface area contributed by atoms with Crippen LogP contribution in [0.3, 0.4) is 0 Å². The van der Waals surface area contributed by atoms with Gasteiger partial charge in [-0.3, -0.25) is 5.21 Å². The van der Waals surface area contributed by atoms with Crippen molar-refractivity contribution in [2.75, 3.05) is 10.4 Å². The van der Waals surface area contributed by atoms with Crippen LogP contribution in [0.1, 0.15) is 5.56 Å².